The molecule has 1 aromatic rings. The second kappa shape index (κ2) is 31.9. The maximum absolute atomic E-state index is 12.9. The van der Waals surface area contributed by atoms with Crippen LogP contribution in [0.3, 0.4) is 0 Å². The molecule has 55 heavy (non-hydrogen) atoms. The smallest absolute Gasteiger partial charge is 0.332 e. The highest BCUT2D eigenvalue weighted by Crippen LogP contribution is 2.40. The minimum atomic E-state index is -0.711. The third kappa shape index (κ3) is 24.1. The van der Waals surface area contributed by atoms with Crippen molar-refractivity contribution in [2.75, 3.05) is 92.4 Å². The SMILES string of the molecule is CCNC(=O)CCC/C=C\C[C@@H]1[C@@H](/C=C/[C@@H](O)CCc2ccccc2)[C@H](OC(=O)COCCOCCOCCOCCOCCOCCO)C[C@@H]1OC(C)=O. The predicted octanol–water partition coefficient (Wildman–Crippen LogP) is 3.36. The van der Waals surface area contributed by atoms with Gasteiger partial charge in [0, 0.05) is 38.1 Å². The highest BCUT2D eigenvalue weighted by atomic mass is 16.6. The van der Waals surface area contributed by atoms with Gasteiger partial charge in [-0.2, -0.15) is 0 Å². The Morgan fingerprint density at radius 2 is 1.42 bits per heavy atom. The molecule has 0 bridgehead atoms. The number of allylic oxidation sites excluding steroid dienone is 2. The Bertz CT molecular complexity index is 1200. The van der Waals surface area contributed by atoms with Crippen LogP contribution < -0.4 is 5.32 Å². The second-order valence-electron chi connectivity index (χ2n) is 13.0. The molecule has 0 saturated heterocycles. The fraction of sp³-hybridized carbons (Fsp3) is 0.683. The lowest BCUT2D eigenvalue weighted by molar-refractivity contribution is -0.156. The van der Waals surface area contributed by atoms with Gasteiger partial charge in [-0.15, -0.1) is 0 Å². The summed E-state index contributed by atoms with van der Waals surface area (Å²) in [5, 5.41) is 22.3. The Labute approximate surface area is 326 Å². The van der Waals surface area contributed by atoms with Gasteiger partial charge in [0.25, 0.3) is 0 Å². The maximum atomic E-state index is 12.9. The minimum absolute atomic E-state index is 0.00309. The number of esters is 2. The van der Waals surface area contributed by atoms with E-state index in [-0.39, 0.29) is 44.2 Å². The number of nitrogens with one attached hydrogen (secondary N) is 1. The summed E-state index contributed by atoms with van der Waals surface area (Å²) in [5.74, 6) is -1.44. The van der Waals surface area contributed by atoms with E-state index in [9.17, 15) is 19.5 Å². The molecule has 0 aliphatic heterocycles. The van der Waals surface area contributed by atoms with E-state index in [1.165, 1.54) is 6.92 Å². The summed E-state index contributed by atoms with van der Waals surface area (Å²) in [6.45, 7) is 7.74. The molecule has 2 rings (SSSR count). The van der Waals surface area contributed by atoms with Crippen molar-refractivity contribution in [2.24, 2.45) is 11.8 Å². The fourth-order valence-electron chi connectivity index (χ4n) is 6.01. The van der Waals surface area contributed by atoms with Crippen molar-refractivity contribution < 1.29 is 62.5 Å². The number of ether oxygens (including phenoxy) is 8. The largest absolute Gasteiger partial charge is 0.462 e. The van der Waals surface area contributed by atoms with Gasteiger partial charge in [0.2, 0.25) is 5.91 Å². The molecule has 5 atom stereocenters. The summed E-state index contributed by atoms with van der Waals surface area (Å²) in [7, 11) is 0. The average Bonchev–Trinajstić information content (AvgIpc) is 3.48. The van der Waals surface area contributed by atoms with Crippen LogP contribution in [-0.2, 0) is 58.7 Å². The van der Waals surface area contributed by atoms with Crippen molar-refractivity contribution in [3.8, 4) is 0 Å². The number of hydrogen-bond acceptors (Lipinski definition) is 13. The predicted molar refractivity (Wildman–Crippen MR) is 205 cm³/mol. The lowest BCUT2D eigenvalue weighted by Gasteiger charge is -2.23. The molecule has 312 valence electrons. The van der Waals surface area contributed by atoms with Gasteiger partial charge in [-0.25, -0.2) is 4.79 Å². The van der Waals surface area contributed by atoms with E-state index in [0.717, 1.165) is 12.0 Å². The van der Waals surface area contributed by atoms with Gasteiger partial charge in [-0.1, -0.05) is 54.6 Å². The third-order valence-electron chi connectivity index (χ3n) is 8.63. The van der Waals surface area contributed by atoms with Gasteiger partial charge in [0.1, 0.15) is 18.8 Å². The van der Waals surface area contributed by atoms with Gasteiger partial charge in [0.05, 0.1) is 85.4 Å². The van der Waals surface area contributed by atoms with E-state index in [1.807, 2.05) is 55.5 Å². The van der Waals surface area contributed by atoms with E-state index in [0.29, 0.717) is 105 Å². The number of benzene rings is 1. The molecular formula is C41H65NO13. The van der Waals surface area contributed by atoms with E-state index >= 15 is 0 Å². The van der Waals surface area contributed by atoms with Crippen molar-refractivity contribution in [3.05, 3.63) is 60.2 Å². The zero-order valence-corrected chi connectivity index (χ0v) is 32.8. The molecule has 3 N–H and O–H groups in total. The lowest BCUT2D eigenvalue weighted by atomic mass is 9.89. The molecule has 1 aliphatic rings. The van der Waals surface area contributed by atoms with Crippen LogP contribution in [-0.4, -0.2) is 139 Å². The summed E-state index contributed by atoms with van der Waals surface area (Å²) in [4.78, 5) is 36.8. The zero-order chi connectivity index (χ0) is 39.8. The molecule has 0 heterocycles. The minimum Gasteiger partial charge on any atom is -0.462 e. The van der Waals surface area contributed by atoms with Crippen LogP contribution in [0.5, 0.6) is 0 Å². The monoisotopic (exact) mass is 779 g/mol. The Morgan fingerprint density at radius 1 is 0.818 bits per heavy atom. The number of aryl methyl sites for hydroxylation is 1. The van der Waals surface area contributed by atoms with E-state index in [2.05, 4.69) is 5.32 Å². The fourth-order valence-corrected chi connectivity index (χ4v) is 6.01. The van der Waals surface area contributed by atoms with Gasteiger partial charge in [-0.3, -0.25) is 9.59 Å². The molecule has 1 amide bonds. The van der Waals surface area contributed by atoms with Crippen molar-refractivity contribution in [2.45, 2.75) is 77.1 Å². The third-order valence-corrected chi connectivity index (χ3v) is 8.63. The van der Waals surface area contributed by atoms with Crippen molar-refractivity contribution >= 4 is 17.8 Å². The number of amides is 1. The van der Waals surface area contributed by atoms with Crippen molar-refractivity contribution in [1.29, 1.82) is 0 Å². The average molecular weight is 780 g/mol. The topological polar surface area (TPSA) is 178 Å². The highest BCUT2D eigenvalue weighted by molar-refractivity contribution is 5.75. The number of carbonyl (C=O) groups excluding carboxylic acids is 3. The molecule has 0 radical (unpaired) electrons. The first-order valence-corrected chi connectivity index (χ1v) is 19.6. The van der Waals surface area contributed by atoms with E-state index in [1.54, 1.807) is 6.08 Å². The Morgan fingerprint density at radius 3 is 2.00 bits per heavy atom. The Hall–Kier alpha value is -3.21. The van der Waals surface area contributed by atoms with E-state index in [4.69, 9.17) is 43.0 Å². The summed E-state index contributed by atoms with van der Waals surface area (Å²) in [6, 6.07) is 9.93. The maximum Gasteiger partial charge on any atom is 0.332 e. The quantitative estimate of drug-likeness (QED) is 0.0538. The molecule has 1 fully saturated rings. The molecule has 0 unspecified atom stereocenters. The van der Waals surface area contributed by atoms with Crippen molar-refractivity contribution in [3.63, 3.8) is 0 Å². The Balaban J connectivity index is 1.79. The molecule has 14 heteroatoms. The number of rotatable bonds is 33. The van der Waals surface area contributed by atoms with Crippen LogP contribution in [0.15, 0.2) is 54.6 Å². The molecule has 1 saturated carbocycles. The lowest BCUT2D eigenvalue weighted by Crippen LogP contribution is -2.27. The van der Waals surface area contributed by atoms with Gasteiger partial charge < -0.3 is 53.4 Å². The molecular weight excluding hydrogens is 714 g/mol. The molecule has 1 aromatic carbocycles. The first kappa shape index (κ1) is 47.9. The van der Waals surface area contributed by atoms with E-state index < -0.39 is 30.3 Å². The number of aliphatic hydroxyl groups excluding tert-OH is 2. The van der Waals surface area contributed by atoms with Crippen LogP contribution in [0, 0.1) is 11.8 Å². The number of aliphatic hydroxyl groups is 2. The Kier molecular flexibility index (Phi) is 27.8. The molecule has 0 aromatic heterocycles. The molecule has 0 spiro atoms. The summed E-state index contributed by atoms with van der Waals surface area (Å²) >= 11 is 0. The van der Waals surface area contributed by atoms with Crippen LogP contribution in [0.4, 0.5) is 0 Å². The molecule has 1 aliphatic carbocycles. The second-order valence-corrected chi connectivity index (χ2v) is 13.0. The summed E-state index contributed by atoms with van der Waals surface area (Å²) in [5.41, 5.74) is 1.13. The first-order valence-electron chi connectivity index (χ1n) is 19.6. The number of carbonyl (C=O) groups is 3. The highest BCUT2D eigenvalue weighted by Gasteiger charge is 2.45. The summed E-state index contributed by atoms with van der Waals surface area (Å²) in [6.07, 6.45) is 9.90. The van der Waals surface area contributed by atoms with Gasteiger partial charge in [-0.05, 0) is 44.6 Å². The van der Waals surface area contributed by atoms with Gasteiger partial charge in [0.15, 0.2) is 0 Å². The first-order chi connectivity index (χ1) is 26.8. The standard InChI is InChI=1S/C41H65NO13/c1-3-42-40(46)14-10-5-4-9-13-36-37(18-17-35(45)16-15-34-11-7-6-8-12-34)39(31-38(36)54-33(2)44)55-41(47)32-53-30-29-52-28-27-51-26-25-50-24-23-49-22-21-48-20-19-43/h4,6-9,11-12,17-18,35-39,43,45H,3,5,10,13-16,19-32H2,1-2H3,(H,42,46)/b9-4-,18-17+/t35-,36+,37+,38-,39+/m0/s1. The number of hydrogen-bond donors (Lipinski definition) is 3. The van der Waals surface area contributed by atoms with Crippen molar-refractivity contribution in [1.82, 2.24) is 5.32 Å². The zero-order valence-electron chi connectivity index (χ0n) is 32.8. The van der Waals surface area contributed by atoms with Crippen LogP contribution in [0.1, 0.15) is 57.9 Å². The number of unbranched alkanes of at least 4 members (excludes halogenated alkanes) is 1. The van der Waals surface area contributed by atoms with Crippen LogP contribution in [0.25, 0.3) is 0 Å². The van der Waals surface area contributed by atoms with Gasteiger partial charge >= 0.3 is 11.9 Å². The normalized spacial score (nSPS) is 18.9. The summed E-state index contributed by atoms with van der Waals surface area (Å²) < 4.78 is 44.0. The molecule has 14 nitrogen and oxygen atoms in total. The van der Waals surface area contributed by atoms with Crippen LogP contribution in [0.2, 0.25) is 0 Å². The van der Waals surface area contributed by atoms with Crippen LogP contribution >= 0.6 is 0 Å².